The summed E-state index contributed by atoms with van der Waals surface area (Å²) in [6.07, 6.45) is 2.50. The van der Waals surface area contributed by atoms with Crippen molar-refractivity contribution in [1.29, 1.82) is 0 Å². The van der Waals surface area contributed by atoms with Gasteiger partial charge in [0.1, 0.15) is 5.75 Å². The average Bonchev–Trinajstić information content (AvgIpc) is 3.12. The summed E-state index contributed by atoms with van der Waals surface area (Å²) in [6, 6.07) is 13.5. The van der Waals surface area contributed by atoms with E-state index >= 15 is 0 Å². The van der Waals surface area contributed by atoms with Gasteiger partial charge in [-0.1, -0.05) is 6.07 Å². The first-order valence-corrected chi connectivity index (χ1v) is 11.0. The van der Waals surface area contributed by atoms with Crippen molar-refractivity contribution in [3.05, 3.63) is 48.5 Å². The first-order chi connectivity index (χ1) is 13.7. The minimum absolute atomic E-state index is 0.0850. The third kappa shape index (κ3) is 5.26. The van der Waals surface area contributed by atoms with E-state index in [2.05, 4.69) is 5.32 Å². The van der Waals surface area contributed by atoms with Crippen molar-refractivity contribution < 1.29 is 22.7 Å². The molecule has 2 aromatic rings. The van der Waals surface area contributed by atoms with Gasteiger partial charge in [-0.2, -0.15) is 0 Å². The van der Waals surface area contributed by atoms with E-state index in [0.29, 0.717) is 30.1 Å². The zero-order chi connectivity index (χ0) is 21.0. The molecule has 154 valence electrons. The molecule has 1 aliphatic rings. The Kier molecular flexibility index (Phi) is 6.07. The monoisotopic (exact) mass is 417 g/mol. The lowest BCUT2D eigenvalue weighted by Gasteiger charge is -2.17. The minimum Gasteiger partial charge on any atom is -0.484 e. The highest BCUT2D eigenvalue weighted by Crippen LogP contribution is 2.24. The van der Waals surface area contributed by atoms with Crippen LogP contribution in [0.4, 0.5) is 17.1 Å². The number of rotatable bonds is 7. The van der Waals surface area contributed by atoms with Crippen LogP contribution in [0.15, 0.2) is 48.5 Å². The van der Waals surface area contributed by atoms with Crippen molar-refractivity contribution in [2.45, 2.75) is 12.8 Å². The number of amides is 2. The molecule has 1 aliphatic heterocycles. The SMILES string of the molecule is CN(c1ccc(OCC(=O)Nc2cccc(N3CCCC3=O)c2)cc1)S(C)(=O)=O. The highest BCUT2D eigenvalue weighted by atomic mass is 32.2. The van der Waals surface area contributed by atoms with Gasteiger partial charge in [0.15, 0.2) is 6.61 Å². The maximum atomic E-state index is 12.2. The van der Waals surface area contributed by atoms with Crippen molar-refractivity contribution in [2.24, 2.45) is 0 Å². The lowest BCUT2D eigenvalue weighted by molar-refractivity contribution is -0.118. The number of sulfonamides is 1. The van der Waals surface area contributed by atoms with Gasteiger partial charge in [0.2, 0.25) is 15.9 Å². The fourth-order valence-electron chi connectivity index (χ4n) is 2.96. The number of nitrogens with zero attached hydrogens (tertiary/aromatic N) is 2. The van der Waals surface area contributed by atoms with Gasteiger partial charge in [0, 0.05) is 31.4 Å². The zero-order valence-corrected chi connectivity index (χ0v) is 17.1. The number of carbonyl (C=O) groups is 2. The molecule has 29 heavy (non-hydrogen) atoms. The molecule has 0 spiro atoms. The first-order valence-electron chi connectivity index (χ1n) is 9.11. The Morgan fingerprint density at radius 1 is 1.21 bits per heavy atom. The van der Waals surface area contributed by atoms with Crippen LogP contribution in [0.25, 0.3) is 0 Å². The summed E-state index contributed by atoms with van der Waals surface area (Å²) < 4.78 is 29.7. The zero-order valence-electron chi connectivity index (χ0n) is 16.3. The summed E-state index contributed by atoms with van der Waals surface area (Å²) in [6.45, 7) is 0.484. The standard InChI is InChI=1S/C20H23N3O5S/c1-22(29(2,26)27)16-8-10-18(11-9-16)28-14-19(24)21-15-5-3-6-17(13-15)23-12-4-7-20(23)25/h3,5-6,8-11,13H,4,7,12,14H2,1-2H3,(H,21,24). The molecular weight excluding hydrogens is 394 g/mol. The third-order valence-electron chi connectivity index (χ3n) is 4.58. The predicted molar refractivity (Wildman–Crippen MR) is 112 cm³/mol. The maximum absolute atomic E-state index is 12.2. The predicted octanol–water partition coefficient (Wildman–Crippen LogP) is 2.23. The quantitative estimate of drug-likeness (QED) is 0.745. The second-order valence-electron chi connectivity index (χ2n) is 6.76. The fraction of sp³-hybridized carbons (Fsp3) is 0.300. The Bertz CT molecular complexity index is 1010. The smallest absolute Gasteiger partial charge is 0.262 e. The van der Waals surface area contributed by atoms with Crippen LogP contribution in [0.1, 0.15) is 12.8 Å². The molecule has 2 amide bonds. The average molecular weight is 417 g/mol. The van der Waals surface area contributed by atoms with E-state index in [1.807, 2.05) is 6.07 Å². The van der Waals surface area contributed by atoms with Crippen molar-refractivity contribution in [3.63, 3.8) is 0 Å². The molecule has 3 rings (SSSR count). The van der Waals surface area contributed by atoms with Gasteiger partial charge in [0.25, 0.3) is 5.91 Å². The third-order valence-corrected chi connectivity index (χ3v) is 5.79. The molecule has 0 radical (unpaired) electrons. The molecule has 1 fully saturated rings. The van der Waals surface area contributed by atoms with Gasteiger partial charge in [0.05, 0.1) is 11.9 Å². The molecule has 1 N–H and O–H groups in total. The molecule has 8 nitrogen and oxygen atoms in total. The highest BCUT2D eigenvalue weighted by Gasteiger charge is 2.21. The largest absolute Gasteiger partial charge is 0.484 e. The summed E-state index contributed by atoms with van der Waals surface area (Å²) in [4.78, 5) is 25.8. The first kappa shape index (κ1) is 20.7. The molecular formula is C20H23N3O5S. The van der Waals surface area contributed by atoms with Gasteiger partial charge in [-0.3, -0.25) is 13.9 Å². The van der Waals surface area contributed by atoms with E-state index in [9.17, 15) is 18.0 Å². The summed E-state index contributed by atoms with van der Waals surface area (Å²) in [5.74, 6) is 0.191. The molecule has 1 heterocycles. The van der Waals surface area contributed by atoms with Crippen molar-refractivity contribution in [3.8, 4) is 5.75 Å². The Hall–Kier alpha value is -3.07. The van der Waals surface area contributed by atoms with Crippen LogP contribution in [0.3, 0.4) is 0 Å². The highest BCUT2D eigenvalue weighted by molar-refractivity contribution is 7.92. The second-order valence-corrected chi connectivity index (χ2v) is 8.77. The number of anilines is 3. The normalized spacial score (nSPS) is 14.0. The van der Waals surface area contributed by atoms with Crippen LogP contribution in [0.2, 0.25) is 0 Å². The fourth-order valence-corrected chi connectivity index (χ4v) is 3.47. The minimum atomic E-state index is -3.34. The number of nitrogens with one attached hydrogen (secondary N) is 1. The van der Waals surface area contributed by atoms with E-state index in [4.69, 9.17) is 4.74 Å². The van der Waals surface area contributed by atoms with Crippen molar-refractivity contribution in [1.82, 2.24) is 0 Å². The van der Waals surface area contributed by atoms with Crippen LogP contribution >= 0.6 is 0 Å². The Morgan fingerprint density at radius 3 is 2.55 bits per heavy atom. The maximum Gasteiger partial charge on any atom is 0.262 e. The molecule has 0 saturated carbocycles. The molecule has 0 atom stereocenters. The number of ether oxygens (including phenoxy) is 1. The molecule has 0 aromatic heterocycles. The number of hydrogen-bond acceptors (Lipinski definition) is 5. The van der Waals surface area contributed by atoms with Crippen LogP contribution < -0.4 is 19.3 Å². The summed E-state index contributed by atoms with van der Waals surface area (Å²) in [5, 5.41) is 2.75. The van der Waals surface area contributed by atoms with Crippen molar-refractivity contribution in [2.75, 3.05) is 41.0 Å². The van der Waals surface area contributed by atoms with Crippen LogP contribution in [0.5, 0.6) is 5.75 Å². The Balaban J connectivity index is 1.56. The topological polar surface area (TPSA) is 96.0 Å². The second kappa shape index (κ2) is 8.52. The summed E-state index contributed by atoms with van der Waals surface area (Å²) in [5.41, 5.74) is 1.84. The Morgan fingerprint density at radius 2 is 1.93 bits per heavy atom. The van der Waals surface area contributed by atoms with Gasteiger partial charge in [-0.05, 0) is 48.9 Å². The van der Waals surface area contributed by atoms with Gasteiger partial charge >= 0.3 is 0 Å². The number of hydrogen-bond donors (Lipinski definition) is 1. The number of benzene rings is 2. The van der Waals surface area contributed by atoms with Gasteiger partial charge in [-0.25, -0.2) is 8.42 Å². The van der Waals surface area contributed by atoms with E-state index < -0.39 is 10.0 Å². The van der Waals surface area contributed by atoms with Crippen LogP contribution in [-0.2, 0) is 19.6 Å². The van der Waals surface area contributed by atoms with Crippen LogP contribution in [0, 0.1) is 0 Å². The molecule has 0 aliphatic carbocycles. The van der Waals surface area contributed by atoms with E-state index in [-0.39, 0.29) is 18.4 Å². The lowest BCUT2D eigenvalue weighted by Crippen LogP contribution is -2.24. The van der Waals surface area contributed by atoms with E-state index in [1.165, 1.54) is 7.05 Å². The number of carbonyl (C=O) groups excluding carboxylic acids is 2. The van der Waals surface area contributed by atoms with Crippen LogP contribution in [-0.4, -0.2) is 46.7 Å². The molecule has 0 unspecified atom stereocenters. The molecule has 2 aromatic carbocycles. The summed E-state index contributed by atoms with van der Waals surface area (Å²) in [7, 11) is -1.88. The Labute approximate surface area is 170 Å². The summed E-state index contributed by atoms with van der Waals surface area (Å²) >= 11 is 0. The lowest BCUT2D eigenvalue weighted by atomic mass is 10.2. The molecule has 0 bridgehead atoms. The molecule has 9 heteroatoms. The van der Waals surface area contributed by atoms with E-state index in [0.717, 1.165) is 22.7 Å². The molecule has 1 saturated heterocycles. The van der Waals surface area contributed by atoms with Gasteiger partial charge in [-0.15, -0.1) is 0 Å². The van der Waals surface area contributed by atoms with E-state index in [1.54, 1.807) is 47.4 Å². The van der Waals surface area contributed by atoms with Crippen molar-refractivity contribution >= 4 is 38.9 Å². The van der Waals surface area contributed by atoms with Gasteiger partial charge < -0.3 is 15.0 Å².